The quantitative estimate of drug-likeness (QED) is 0.415. The topological polar surface area (TPSA) is 140 Å². The molecule has 0 radical (unpaired) electrons. The second kappa shape index (κ2) is 8.95. The smallest absolute Gasteiger partial charge is 0.277 e. The molecule has 9 nitrogen and oxygen atoms in total. The maximum atomic E-state index is 14.3. The van der Waals surface area contributed by atoms with Gasteiger partial charge in [-0.15, -0.1) is 0 Å². The molecule has 5 rings (SSSR count). The standard InChI is InChI=1S/C24H26F2N6O3S/c1-11-9-32(10-16(27)24(11,2)34)19-12-6-7-35-22(12)29-8-15(19)30-21(33)18-20(28)36-23(31-18)17-13(25)4-3-5-14(17)26/h3-5,8,11,16,34H,6-7,9-10,27-28H2,1-2H3,(H,30,33)/t11-,16+,24-/m0/s1. The van der Waals surface area contributed by atoms with Crippen LogP contribution < -0.4 is 26.4 Å². The number of anilines is 3. The van der Waals surface area contributed by atoms with Crippen LogP contribution in [0.5, 0.6) is 5.88 Å². The fourth-order valence-corrected chi connectivity index (χ4v) is 5.50. The Labute approximate surface area is 210 Å². The van der Waals surface area contributed by atoms with Crippen LogP contribution in [0.1, 0.15) is 29.9 Å². The number of amides is 1. The van der Waals surface area contributed by atoms with Crippen molar-refractivity contribution >= 4 is 33.6 Å². The number of fused-ring (bicyclic) bond motifs is 1. The number of nitrogens with zero attached hydrogens (tertiary/aromatic N) is 3. The van der Waals surface area contributed by atoms with E-state index in [1.54, 1.807) is 6.92 Å². The molecule has 1 saturated heterocycles. The first-order valence-corrected chi connectivity index (χ1v) is 12.3. The number of hydrogen-bond acceptors (Lipinski definition) is 9. The molecule has 3 atom stereocenters. The Morgan fingerprint density at radius 2 is 2.06 bits per heavy atom. The highest BCUT2D eigenvalue weighted by molar-refractivity contribution is 7.19. The van der Waals surface area contributed by atoms with E-state index in [0.717, 1.165) is 29.0 Å². The lowest BCUT2D eigenvalue weighted by atomic mass is 9.80. The number of hydrogen-bond donors (Lipinski definition) is 4. The van der Waals surface area contributed by atoms with Crippen molar-refractivity contribution in [1.82, 2.24) is 9.97 Å². The molecule has 2 aliphatic rings. The summed E-state index contributed by atoms with van der Waals surface area (Å²) in [5.41, 5.74) is 12.7. The van der Waals surface area contributed by atoms with Crippen LogP contribution in [0.2, 0.25) is 0 Å². The summed E-state index contributed by atoms with van der Waals surface area (Å²) in [4.78, 5) is 23.7. The van der Waals surface area contributed by atoms with Gasteiger partial charge in [0.15, 0.2) is 5.69 Å². The van der Waals surface area contributed by atoms with Gasteiger partial charge >= 0.3 is 0 Å². The Bertz CT molecular complexity index is 1310. The van der Waals surface area contributed by atoms with E-state index in [0.29, 0.717) is 43.4 Å². The van der Waals surface area contributed by atoms with Gasteiger partial charge in [0.1, 0.15) is 21.6 Å². The molecule has 12 heteroatoms. The van der Waals surface area contributed by atoms with E-state index < -0.39 is 29.2 Å². The summed E-state index contributed by atoms with van der Waals surface area (Å²) in [5.74, 6) is -1.91. The molecule has 6 N–H and O–H groups in total. The number of rotatable bonds is 4. The van der Waals surface area contributed by atoms with Crippen LogP contribution in [-0.2, 0) is 6.42 Å². The summed E-state index contributed by atoms with van der Waals surface area (Å²) >= 11 is 0.823. The van der Waals surface area contributed by atoms with E-state index in [-0.39, 0.29) is 27.2 Å². The average molecular weight is 517 g/mol. The van der Waals surface area contributed by atoms with E-state index in [9.17, 15) is 18.7 Å². The number of piperidine rings is 1. The summed E-state index contributed by atoms with van der Waals surface area (Å²) in [6.07, 6.45) is 2.08. The Morgan fingerprint density at radius 3 is 2.75 bits per heavy atom. The molecule has 2 aliphatic heterocycles. The number of nitrogens with two attached hydrogens (primary N) is 2. The molecule has 0 aliphatic carbocycles. The van der Waals surface area contributed by atoms with Crippen molar-refractivity contribution in [1.29, 1.82) is 0 Å². The fraction of sp³-hybridized carbons (Fsp3) is 0.375. The van der Waals surface area contributed by atoms with E-state index in [4.69, 9.17) is 16.2 Å². The van der Waals surface area contributed by atoms with Crippen LogP contribution in [-0.4, -0.2) is 52.3 Å². The monoisotopic (exact) mass is 516 g/mol. The molecule has 3 aromatic rings. The highest BCUT2D eigenvalue weighted by Gasteiger charge is 2.42. The zero-order chi connectivity index (χ0) is 25.8. The van der Waals surface area contributed by atoms with Gasteiger partial charge in [0.2, 0.25) is 5.88 Å². The van der Waals surface area contributed by atoms with Gasteiger partial charge in [0, 0.05) is 31.0 Å². The Balaban J connectivity index is 1.49. The second-order valence-electron chi connectivity index (χ2n) is 9.32. The average Bonchev–Trinajstić information content (AvgIpc) is 3.44. The number of nitrogen functional groups attached to an aromatic ring is 1. The Hall–Kier alpha value is -3.35. The highest BCUT2D eigenvalue weighted by atomic mass is 32.1. The number of carbonyl (C=O) groups excluding carboxylic acids is 1. The molecule has 190 valence electrons. The Kier molecular flexibility index (Phi) is 6.05. The molecule has 1 fully saturated rings. The predicted molar refractivity (Wildman–Crippen MR) is 133 cm³/mol. The first kappa shape index (κ1) is 24.3. The molecule has 1 amide bonds. The van der Waals surface area contributed by atoms with Gasteiger partial charge in [-0.25, -0.2) is 18.7 Å². The van der Waals surface area contributed by atoms with Crippen LogP contribution in [0.25, 0.3) is 10.6 Å². The van der Waals surface area contributed by atoms with Gasteiger partial charge < -0.3 is 31.5 Å². The molecule has 0 saturated carbocycles. The van der Waals surface area contributed by atoms with E-state index in [2.05, 4.69) is 15.3 Å². The highest BCUT2D eigenvalue weighted by Crippen LogP contribution is 2.41. The lowest BCUT2D eigenvalue weighted by molar-refractivity contribution is -0.0258. The molecule has 0 spiro atoms. The first-order chi connectivity index (χ1) is 17.1. The number of aromatic nitrogens is 2. The zero-order valence-electron chi connectivity index (χ0n) is 19.7. The molecule has 4 heterocycles. The van der Waals surface area contributed by atoms with E-state index in [1.807, 2.05) is 11.8 Å². The number of nitrogens with one attached hydrogen (secondary N) is 1. The van der Waals surface area contributed by atoms with Crippen molar-refractivity contribution < 1.29 is 23.4 Å². The molecule has 0 unspecified atom stereocenters. The first-order valence-electron chi connectivity index (χ1n) is 11.5. The number of aliphatic hydroxyl groups is 1. The summed E-state index contributed by atoms with van der Waals surface area (Å²) in [5, 5.41) is 13.6. The van der Waals surface area contributed by atoms with Gasteiger partial charge in [-0.3, -0.25) is 4.79 Å². The summed E-state index contributed by atoms with van der Waals surface area (Å²) in [6.45, 7) is 4.95. The summed E-state index contributed by atoms with van der Waals surface area (Å²) < 4.78 is 34.2. The van der Waals surface area contributed by atoms with Crippen molar-refractivity contribution in [3.63, 3.8) is 0 Å². The summed E-state index contributed by atoms with van der Waals surface area (Å²) in [7, 11) is 0. The second-order valence-corrected chi connectivity index (χ2v) is 10.4. The van der Waals surface area contributed by atoms with Crippen LogP contribution in [0.4, 0.5) is 25.2 Å². The van der Waals surface area contributed by atoms with E-state index in [1.165, 1.54) is 12.3 Å². The lowest BCUT2D eigenvalue weighted by Gasteiger charge is -2.47. The van der Waals surface area contributed by atoms with Crippen LogP contribution >= 0.6 is 11.3 Å². The number of ether oxygens (including phenoxy) is 1. The van der Waals surface area contributed by atoms with Crippen molar-refractivity contribution in [2.45, 2.75) is 31.9 Å². The molecular weight excluding hydrogens is 490 g/mol. The SMILES string of the molecule is C[C@H]1CN(c2c(NC(=O)c3nc(-c4c(F)cccc4F)sc3N)cnc3c2CCO3)C[C@@H](N)[C@@]1(C)O. The summed E-state index contributed by atoms with van der Waals surface area (Å²) in [6, 6.07) is 2.95. The van der Waals surface area contributed by atoms with Gasteiger partial charge in [-0.05, 0) is 19.1 Å². The molecule has 1 aromatic carbocycles. The predicted octanol–water partition coefficient (Wildman–Crippen LogP) is 2.79. The largest absolute Gasteiger partial charge is 0.477 e. The van der Waals surface area contributed by atoms with Gasteiger partial charge in [-0.1, -0.05) is 24.3 Å². The molecule has 36 heavy (non-hydrogen) atoms. The minimum absolute atomic E-state index is 0.0221. The van der Waals surface area contributed by atoms with Gasteiger partial charge in [-0.2, -0.15) is 0 Å². The number of thiazole rings is 1. The van der Waals surface area contributed by atoms with Crippen LogP contribution in [0.15, 0.2) is 24.4 Å². The van der Waals surface area contributed by atoms with Gasteiger partial charge in [0.05, 0.1) is 41.4 Å². The molecule has 0 bridgehead atoms. The molecular formula is C24H26F2N6O3S. The molecule has 2 aromatic heterocycles. The van der Waals surface area contributed by atoms with Crippen LogP contribution in [0.3, 0.4) is 0 Å². The third-order valence-electron chi connectivity index (χ3n) is 6.97. The van der Waals surface area contributed by atoms with Crippen molar-refractivity contribution in [2.24, 2.45) is 11.7 Å². The lowest BCUT2D eigenvalue weighted by Crippen LogP contribution is -2.62. The Morgan fingerprint density at radius 1 is 1.33 bits per heavy atom. The van der Waals surface area contributed by atoms with Crippen molar-refractivity contribution in [3.8, 4) is 16.5 Å². The maximum absolute atomic E-state index is 14.3. The van der Waals surface area contributed by atoms with Crippen LogP contribution in [0, 0.1) is 17.6 Å². The maximum Gasteiger partial charge on any atom is 0.277 e. The van der Waals surface area contributed by atoms with Crippen molar-refractivity contribution in [3.05, 3.63) is 47.3 Å². The van der Waals surface area contributed by atoms with Crippen molar-refractivity contribution in [2.75, 3.05) is 35.6 Å². The number of carbonyl (C=O) groups is 1. The van der Waals surface area contributed by atoms with Gasteiger partial charge in [0.25, 0.3) is 5.91 Å². The minimum atomic E-state index is -1.04. The normalized spacial score (nSPS) is 23.3. The number of halogens is 2. The number of pyridine rings is 1. The third kappa shape index (κ3) is 4.04. The zero-order valence-corrected chi connectivity index (χ0v) is 20.5. The van der Waals surface area contributed by atoms with E-state index >= 15 is 0 Å². The fourth-order valence-electron chi connectivity index (χ4n) is 4.62. The number of benzene rings is 1. The minimum Gasteiger partial charge on any atom is -0.477 e. The third-order valence-corrected chi connectivity index (χ3v) is 7.87.